The number of nitrogens with zero attached hydrogens (tertiary/aromatic N) is 1. The lowest BCUT2D eigenvalue weighted by molar-refractivity contribution is -0.112. The van der Waals surface area contributed by atoms with Crippen LogP contribution in [0.1, 0.15) is 13.8 Å². The van der Waals surface area contributed by atoms with Crippen molar-refractivity contribution in [2.45, 2.75) is 13.8 Å². The van der Waals surface area contributed by atoms with Crippen molar-refractivity contribution >= 4 is 11.6 Å². The third kappa shape index (κ3) is 4.14. The molecule has 122 valence electrons. The molecule has 5 nitrogen and oxygen atoms in total. The minimum absolute atomic E-state index is 0.302. The summed E-state index contributed by atoms with van der Waals surface area (Å²) in [5.41, 5.74) is 2.22. The second-order valence-corrected chi connectivity index (χ2v) is 5.06. The van der Waals surface area contributed by atoms with Crippen LogP contribution in [0.15, 0.2) is 59.9 Å². The first-order valence-electron chi connectivity index (χ1n) is 7.49. The van der Waals surface area contributed by atoms with Gasteiger partial charge in [0.05, 0.1) is 6.61 Å². The zero-order valence-corrected chi connectivity index (χ0v) is 13.5. The van der Waals surface area contributed by atoms with E-state index in [1.165, 1.54) is 6.92 Å². The first-order valence-corrected chi connectivity index (χ1v) is 7.49. The number of hydrogen-bond donors (Lipinski definition) is 2. The van der Waals surface area contributed by atoms with Gasteiger partial charge in [0.15, 0.2) is 5.57 Å². The van der Waals surface area contributed by atoms with Crippen LogP contribution in [0.4, 0.5) is 5.69 Å². The molecule has 0 aromatic heterocycles. The van der Waals surface area contributed by atoms with Crippen molar-refractivity contribution in [1.29, 1.82) is 5.26 Å². The molecule has 5 heteroatoms. The highest BCUT2D eigenvalue weighted by atomic mass is 16.5. The summed E-state index contributed by atoms with van der Waals surface area (Å²) in [4.78, 5) is 11.9. The van der Waals surface area contributed by atoms with Crippen LogP contribution in [-0.2, 0) is 4.79 Å². The van der Waals surface area contributed by atoms with Gasteiger partial charge in [-0.25, -0.2) is 0 Å². The molecule has 0 unspecified atom stereocenters. The number of aliphatic hydroxyl groups is 1. The molecule has 0 fully saturated rings. The van der Waals surface area contributed by atoms with Gasteiger partial charge in [0.2, 0.25) is 0 Å². The number of ether oxygens (including phenoxy) is 1. The number of rotatable bonds is 5. The monoisotopic (exact) mass is 322 g/mol. The van der Waals surface area contributed by atoms with E-state index in [0.717, 1.165) is 16.9 Å². The van der Waals surface area contributed by atoms with Gasteiger partial charge in [0, 0.05) is 5.69 Å². The number of anilines is 1. The number of aliphatic hydroxyl groups excluding tert-OH is 1. The molecule has 0 aliphatic carbocycles. The second-order valence-electron chi connectivity index (χ2n) is 5.06. The van der Waals surface area contributed by atoms with Crippen molar-refractivity contribution in [1.82, 2.24) is 0 Å². The maximum atomic E-state index is 11.9. The molecule has 2 N–H and O–H groups in total. The molecule has 1 amide bonds. The van der Waals surface area contributed by atoms with Crippen LogP contribution in [-0.4, -0.2) is 17.6 Å². The minimum Gasteiger partial charge on any atom is -0.511 e. The molecule has 2 aromatic rings. The molecule has 0 atom stereocenters. The summed E-state index contributed by atoms with van der Waals surface area (Å²) in [6.07, 6.45) is 0. The van der Waals surface area contributed by atoms with Gasteiger partial charge >= 0.3 is 0 Å². The number of nitriles is 1. The second kappa shape index (κ2) is 7.84. The fraction of sp³-hybridized carbons (Fsp3) is 0.158. The smallest absolute Gasteiger partial charge is 0.269 e. The summed E-state index contributed by atoms with van der Waals surface area (Å²) in [6.45, 7) is 3.84. The van der Waals surface area contributed by atoms with Gasteiger partial charge < -0.3 is 15.2 Å². The average Bonchev–Trinajstić information content (AvgIpc) is 2.56. The highest BCUT2D eigenvalue weighted by molar-refractivity contribution is 6.06. The summed E-state index contributed by atoms with van der Waals surface area (Å²) in [6, 6.07) is 16.6. The minimum atomic E-state index is -0.636. The Morgan fingerprint density at radius 1 is 1.21 bits per heavy atom. The SMILES string of the molecule is CCOc1cccc(-c2ccc(NC(=O)/C(C#N)=C(/C)O)cc2)c1. The molecule has 2 rings (SSSR count). The van der Waals surface area contributed by atoms with Crippen LogP contribution in [0.2, 0.25) is 0 Å². The van der Waals surface area contributed by atoms with Crippen LogP contribution < -0.4 is 10.1 Å². The quantitative estimate of drug-likeness (QED) is 0.494. The van der Waals surface area contributed by atoms with Gasteiger partial charge in [-0.2, -0.15) is 5.26 Å². The fourth-order valence-corrected chi connectivity index (χ4v) is 2.17. The van der Waals surface area contributed by atoms with E-state index in [1.807, 2.05) is 43.3 Å². The Labute approximate surface area is 140 Å². The summed E-state index contributed by atoms with van der Waals surface area (Å²) in [5, 5.41) is 20.8. The normalized spacial score (nSPS) is 11.2. The summed E-state index contributed by atoms with van der Waals surface area (Å²) >= 11 is 0. The largest absolute Gasteiger partial charge is 0.511 e. The van der Waals surface area contributed by atoms with Crippen molar-refractivity contribution in [3.63, 3.8) is 0 Å². The molecule has 2 aromatic carbocycles. The first kappa shape index (κ1) is 17.1. The lowest BCUT2D eigenvalue weighted by Gasteiger charge is -2.08. The Balaban J connectivity index is 2.17. The molecule has 0 saturated heterocycles. The molecule has 0 aliphatic rings. The Morgan fingerprint density at radius 3 is 2.50 bits per heavy atom. The molecule has 0 radical (unpaired) electrons. The molecule has 0 spiro atoms. The predicted octanol–water partition coefficient (Wildman–Crippen LogP) is 4.05. The number of allylic oxidation sites excluding steroid dienone is 1. The van der Waals surface area contributed by atoms with E-state index in [2.05, 4.69) is 5.32 Å². The molecular formula is C19H18N2O3. The Bertz CT molecular complexity index is 798. The number of benzene rings is 2. The van der Waals surface area contributed by atoms with E-state index in [-0.39, 0.29) is 11.3 Å². The fourth-order valence-electron chi connectivity index (χ4n) is 2.17. The zero-order valence-electron chi connectivity index (χ0n) is 13.5. The predicted molar refractivity (Wildman–Crippen MR) is 92.6 cm³/mol. The van der Waals surface area contributed by atoms with Crippen molar-refractivity contribution < 1.29 is 14.6 Å². The molecule has 0 heterocycles. The summed E-state index contributed by atoms with van der Waals surface area (Å²) in [5.74, 6) is -0.141. The first-order chi connectivity index (χ1) is 11.5. The van der Waals surface area contributed by atoms with Gasteiger partial charge in [-0.15, -0.1) is 0 Å². The third-order valence-electron chi connectivity index (χ3n) is 3.32. The molecule has 0 saturated carbocycles. The average molecular weight is 322 g/mol. The number of hydrogen-bond acceptors (Lipinski definition) is 4. The zero-order chi connectivity index (χ0) is 17.5. The Morgan fingerprint density at radius 2 is 1.92 bits per heavy atom. The number of carbonyl (C=O) groups excluding carboxylic acids is 1. The van der Waals surface area contributed by atoms with E-state index in [4.69, 9.17) is 10.00 Å². The van der Waals surface area contributed by atoms with Gasteiger partial charge in [-0.1, -0.05) is 24.3 Å². The maximum Gasteiger partial charge on any atom is 0.269 e. The van der Waals surface area contributed by atoms with Crippen LogP contribution in [0.25, 0.3) is 11.1 Å². The maximum absolute atomic E-state index is 11.9. The lowest BCUT2D eigenvalue weighted by Crippen LogP contribution is -2.14. The van der Waals surface area contributed by atoms with E-state index < -0.39 is 5.91 Å². The van der Waals surface area contributed by atoms with Gasteiger partial charge in [-0.3, -0.25) is 4.79 Å². The highest BCUT2D eigenvalue weighted by Gasteiger charge is 2.12. The lowest BCUT2D eigenvalue weighted by atomic mass is 10.1. The van der Waals surface area contributed by atoms with Gasteiger partial charge in [0.1, 0.15) is 17.6 Å². The highest BCUT2D eigenvalue weighted by Crippen LogP contribution is 2.25. The molecule has 0 aliphatic heterocycles. The van der Waals surface area contributed by atoms with Crippen molar-refractivity contribution in [3.8, 4) is 22.9 Å². The van der Waals surface area contributed by atoms with E-state index in [9.17, 15) is 9.90 Å². The van der Waals surface area contributed by atoms with Crippen molar-refractivity contribution in [2.24, 2.45) is 0 Å². The van der Waals surface area contributed by atoms with Crippen molar-refractivity contribution in [2.75, 3.05) is 11.9 Å². The van der Waals surface area contributed by atoms with Gasteiger partial charge in [0.25, 0.3) is 5.91 Å². The van der Waals surface area contributed by atoms with Crippen LogP contribution in [0.3, 0.4) is 0 Å². The van der Waals surface area contributed by atoms with Crippen molar-refractivity contribution in [3.05, 3.63) is 59.9 Å². The summed E-state index contributed by atoms with van der Waals surface area (Å²) < 4.78 is 5.49. The topological polar surface area (TPSA) is 82.3 Å². The standard InChI is InChI=1S/C19H18N2O3/c1-3-24-17-6-4-5-15(11-17)14-7-9-16(10-8-14)21-19(23)18(12-20)13(2)22/h4-11,22H,3H2,1-2H3,(H,21,23)/b18-13-. The Hall–Kier alpha value is -3.26. The Kier molecular flexibility index (Phi) is 5.58. The number of amides is 1. The number of nitrogens with one attached hydrogen (secondary N) is 1. The number of carbonyl (C=O) groups is 1. The van der Waals surface area contributed by atoms with E-state index >= 15 is 0 Å². The van der Waals surface area contributed by atoms with Crippen LogP contribution in [0, 0.1) is 11.3 Å². The van der Waals surface area contributed by atoms with Crippen LogP contribution >= 0.6 is 0 Å². The molecule has 24 heavy (non-hydrogen) atoms. The van der Waals surface area contributed by atoms with Crippen LogP contribution in [0.5, 0.6) is 5.75 Å². The molecular weight excluding hydrogens is 304 g/mol. The van der Waals surface area contributed by atoms with Gasteiger partial charge in [-0.05, 0) is 49.2 Å². The third-order valence-corrected chi connectivity index (χ3v) is 3.32. The van der Waals surface area contributed by atoms with E-state index in [0.29, 0.717) is 12.3 Å². The molecule has 0 bridgehead atoms. The van der Waals surface area contributed by atoms with E-state index in [1.54, 1.807) is 18.2 Å². The summed E-state index contributed by atoms with van der Waals surface area (Å²) in [7, 11) is 0.